The number of fused-ring (bicyclic) bond motifs is 1. The molecule has 0 atom stereocenters. The number of hydrogen-bond acceptors (Lipinski definition) is 6. The Balaban J connectivity index is 0.00000320. The van der Waals surface area contributed by atoms with Crippen LogP contribution in [-0.2, 0) is 11.2 Å². The van der Waals surface area contributed by atoms with Gasteiger partial charge in [-0.05, 0) is 24.1 Å². The molecule has 162 valence electrons. The molecule has 8 nitrogen and oxygen atoms in total. The fraction of sp³-hybridized carbons (Fsp3) is 0.333. The average molecular weight is 435 g/mol. The number of rotatable bonds is 8. The Bertz CT molecular complexity index is 835. The first-order chi connectivity index (χ1) is 14.1. The summed E-state index contributed by atoms with van der Waals surface area (Å²) in [6, 6.07) is 14.5. The number of anilines is 1. The summed E-state index contributed by atoms with van der Waals surface area (Å²) in [6.07, 6.45) is 0.803. The van der Waals surface area contributed by atoms with Crippen LogP contribution >= 0.6 is 12.4 Å². The second-order valence-corrected chi connectivity index (χ2v) is 6.66. The highest BCUT2D eigenvalue weighted by Gasteiger charge is 2.15. The Labute approximate surface area is 182 Å². The monoisotopic (exact) mass is 434 g/mol. The molecule has 1 aliphatic heterocycles. The summed E-state index contributed by atoms with van der Waals surface area (Å²) in [6.45, 7) is 2.74. The van der Waals surface area contributed by atoms with Crippen LogP contribution in [0.5, 0.6) is 11.5 Å². The van der Waals surface area contributed by atoms with Crippen molar-refractivity contribution in [3.63, 3.8) is 0 Å². The molecule has 9 heteroatoms. The Morgan fingerprint density at radius 3 is 2.47 bits per heavy atom. The maximum absolute atomic E-state index is 12.3. The number of hydrogen-bond donors (Lipinski definition) is 3. The van der Waals surface area contributed by atoms with Crippen LogP contribution in [0, 0.1) is 0 Å². The summed E-state index contributed by atoms with van der Waals surface area (Å²) in [5.41, 5.74) is 7.36. The van der Waals surface area contributed by atoms with Gasteiger partial charge in [-0.1, -0.05) is 30.3 Å². The third-order valence-corrected chi connectivity index (χ3v) is 4.43. The van der Waals surface area contributed by atoms with E-state index in [0.717, 1.165) is 6.42 Å². The van der Waals surface area contributed by atoms with Gasteiger partial charge < -0.3 is 20.5 Å². The van der Waals surface area contributed by atoms with E-state index >= 15 is 0 Å². The Hall–Kier alpha value is -2.81. The number of urea groups is 1. The predicted molar refractivity (Wildman–Crippen MR) is 117 cm³/mol. The van der Waals surface area contributed by atoms with Gasteiger partial charge in [-0.15, -0.1) is 12.4 Å². The molecular weight excluding hydrogens is 408 g/mol. The van der Waals surface area contributed by atoms with Crippen molar-refractivity contribution >= 4 is 30.0 Å². The van der Waals surface area contributed by atoms with E-state index in [1.54, 1.807) is 18.2 Å². The van der Waals surface area contributed by atoms with Gasteiger partial charge in [0.2, 0.25) is 5.91 Å². The molecule has 3 rings (SSSR count). The van der Waals surface area contributed by atoms with Gasteiger partial charge in [0.15, 0.2) is 11.5 Å². The summed E-state index contributed by atoms with van der Waals surface area (Å²) in [7, 11) is 0. The number of halogens is 1. The lowest BCUT2D eigenvalue weighted by atomic mass is 10.1. The van der Waals surface area contributed by atoms with E-state index in [-0.39, 0.29) is 24.9 Å². The van der Waals surface area contributed by atoms with E-state index in [2.05, 4.69) is 10.6 Å². The maximum Gasteiger partial charge on any atom is 0.325 e. The molecule has 0 unspecified atom stereocenters. The Kier molecular flexibility index (Phi) is 9.40. The summed E-state index contributed by atoms with van der Waals surface area (Å²) in [5.74, 6) is 0.811. The van der Waals surface area contributed by atoms with Gasteiger partial charge >= 0.3 is 6.03 Å². The van der Waals surface area contributed by atoms with Crippen molar-refractivity contribution in [1.82, 2.24) is 10.2 Å². The van der Waals surface area contributed by atoms with E-state index in [1.165, 1.54) is 5.56 Å². The molecule has 0 bridgehead atoms. The van der Waals surface area contributed by atoms with Crippen molar-refractivity contribution in [2.24, 2.45) is 5.73 Å². The highest BCUT2D eigenvalue weighted by Crippen LogP contribution is 2.32. The summed E-state index contributed by atoms with van der Waals surface area (Å²) in [4.78, 5) is 26.4. The molecule has 2 aromatic carbocycles. The van der Waals surface area contributed by atoms with Crippen LogP contribution < -0.4 is 25.8 Å². The first-order valence-corrected chi connectivity index (χ1v) is 9.61. The van der Waals surface area contributed by atoms with E-state index in [0.29, 0.717) is 50.0 Å². The van der Waals surface area contributed by atoms with Crippen molar-refractivity contribution in [3.8, 4) is 11.5 Å². The van der Waals surface area contributed by atoms with Crippen molar-refractivity contribution in [2.45, 2.75) is 6.42 Å². The van der Waals surface area contributed by atoms with Crippen LogP contribution in [0.3, 0.4) is 0 Å². The number of nitrogens with zero attached hydrogens (tertiary/aromatic N) is 1. The van der Waals surface area contributed by atoms with Crippen LogP contribution in [0.1, 0.15) is 5.56 Å². The number of carbonyl (C=O) groups is 2. The molecule has 0 saturated carbocycles. The van der Waals surface area contributed by atoms with E-state index in [9.17, 15) is 9.59 Å². The number of benzene rings is 2. The van der Waals surface area contributed by atoms with Crippen LogP contribution in [-0.4, -0.2) is 56.2 Å². The lowest BCUT2D eigenvalue weighted by Gasteiger charge is -2.21. The first-order valence-electron chi connectivity index (χ1n) is 9.61. The van der Waals surface area contributed by atoms with Gasteiger partial charge in [0.1, 0.15) is 13.2 Å². The summed E-state index contributed by atoms with van der Waals surface area (Å²) < 4.78 is 10.9. The molecule has 0 fully saturated rings. The van der Waals surface area contributed by atoms with Crippen LogP contribution in [0.25, 0.3) is 0 Å². The molecule has 0 radical (unpaired) electrons. The molecule has 4 N–H and O–H groups in total. The highest BCUT2D eigenvalue weighted by atomic mass is 35.5. The number of imide groups is 1. The Morgan fingerprint density at radius 2 is 1.73 bits per heavy atom. The third kappa shape index (κ3) is 7.22. The smallest absolute Gasteiger partial charge is 0.325 e. The van der Waals surface area contributed by atoms with E-state index in [4.69, 9.17) is 15.2 Å². The number of ether oxygens (including phenoxy) is 2. The van der Waals surface area contributed by atoms with Crippen LogP contribution in [0.2, 0.25) is 0 Å². The molecule has 0 spiro atoms. The molecule has 0 aliphatic carbocycles. The zero-order valence-electron chi connectivity index (χ0n) is 16.6. The molecule has 0 aromatic heterocycles. The second-order valence-electron chi connectivity index (χ2n) is 6.66. The molecule has 0 saturated heterocycles. The van der Waals surface area contributed by atoms with Gasteiger partial charge in [-0.3, -0.25) is 15.0 Å². The number of carbonyl (C=O) groups excluding carboxylic acids is 2. The van der Waals surface area contributed by atoms with E-state index in [1.807, 2.05) is 35.2 Å². The summed E-state index contributed by atoms with van der Waals surface area (Å²) >= 11 is 0. The normalized spacial score (nSPS) is 12.1. The minimum Gasteiger partial charge on any atom is -0.486 e. The van der Waals surface area contributed by atoms with Gasteiger partial charge in [0, 0.05) is 31.4 Å². The number of nitrogens with two attached hydrogens (primary N) is 1. The van der Waals surface area contributed by atoms with Crippen LogP contribution in [0.15, 0.2) is 48.5 Å². The molecule has 30 heavy (non-hydrogen) atoms. The lowest BCUT2D eigenvalue weighted by molar-refractivity contribution is -0.121. The molecule has 2 aromatic rings. The van der Waals surface area contributed by atoms with Gasteiger partial charge in [0.25, 0.3) is 0 Å². The van der Waals surface area contributed by atoms with Gasteiger partial charge in [0.05, 0.1) is 6.54 Å². The van der Waals surface area contributed by atoms with Crippen molar-refractivity contribution in [1.29, 1.82) is 0 Å². The first kappa shape index (κ1) is 23.5. The van der Waals surface area contributed by atoms with Crippen molar-refractivity contribution in [3.05, 3.63) is 54.1 Å². The SMILES string of the molecule is Cl.NCCN(CCc1ccccc1)CC(=O)NC(=O)Nc1ccc2c(c1)OCCO2. The minimum absolute atomic E-state index is 0. The number of nitrogens with one attached hydrogen (secondary N) is 2. The van der Waals surface area contributed by atoms with Gasteiger partial charge in [-0.25, -0.2) is 4.79 Å². The van der Waals surface area contributed by atoms with Crippen molar-refractivity contribution < 1.29 is 19.1 Å². The quantitative estimate of drug-likeness (QED) is 0.587. The van der Waals surface area contributed by atoms with Gasteiger partial charge in [-0.2, -0.15) is 0 Å². The maximum atomic E-state index is 12.3. The predicted octanol–water partition coefficient (Wildman–Crippen LogP) is 2.03. The zero-order valence-corrected chi connectivity index (χ0v) is 17.5. The molecule has 3 amide bonds. The summed E-state index contributed by atoms with van der Waals surface area (Å²) in [5, 5.41) is 4.99. The second kappa shape index (κ2) is 12.0. The van der Waals surface area contributed by atoms with Crippen molar-refractivity contribution in [2.75, 3.05) is 44.7 Å². The third-order valence-electron chi connectivity index (χ3n) is 4.43. The Morgan fingerprint density at radius 1 is 1.00 bits per heavy atom. The highest BCUT2D eigenvalue weighted by molar-refractivity contribution is 6.01. The minimum atomic E-state index is -0.595. The molecule has 1 aliphatic rings. The lowest BCUT2D eigenvalue weighted by Crippen LogP contribution is -2.43. The zero-order chi connectivity index (χ0) is 20.5. The fourth-order valence-electron chi connectivity index (χ4n) is 3.04. The largest absolute Gasteiger partial charge is 0.486 e. The molecule has 1 heterocycles. The standard InChI is InChI=1S/C21H26N4O4.ClH/c22-9-11-25(10-8-16-4-2-1-3-5-16)15-20(26)24-21(27)23-17-6-7-18-19(14-17)29-13-12-28-18;/h1-7,14H,8-13,15,22H2,(H2,23,24,26,27);1H. The molecular formula is C21H27ClN4O4. The van der Waals surface area contributed by atoms with E-state index < -0.39 is 6.03 Å². The average Bonchev–Trinajstić information content (AvgIpc) is 2.72. The topological polar surface area (TPSA) is 106 Å². The fourth-order valence-corrected chi connectivity index (χ4v) is 3.04. The van der Waals surface area contributed by atoms with Crippen LogP contribution in [0.4, 0.5) is 10.5 Å². The number of amides is 3.